The number of aryl methyl sites for hydroxylation is 2. The Balaban J connectivity index is 1.74. The minimum atomic E-state index is -1.12. The molecule has 3 amide bonds. The number of hydrogen-bond acceptors (Lipinski definition) is 7. The summed E-state index contributed by atoms with van der Waals surface area (Å²) in [6.45, 7) is 4.71. The van der Waals surface area contributed by atoms with Gasteiger partial charge in [0.25, 0.3) is 11.1 Å². The van der Waals surface area contributed by atoms with Crippen molar-refractivity contribution >= 4 is 46.5 Å². The fourth-order valence-electron chi connectivity index (χ4n) is 3.23. The fraction of sp³-hybridized carbons (Fsp3) is 0.250. The van der Waals surface area contributed by atoms with E-state index in [0.29, 0.717) is 11.3 Å². The molecule has 2 aromatic carbocycles. The van der Waals surface area contributed by atoms with Crippen molar-refractivity contribution in [3.63, 3.8) is 0 Å². The first kappa shape index (κ1) is 24.8. The number of anilines is 1. The van der Waals surface area contributed by atoms with E-state index in [1.54, 1.807) is 12.1 Å². The van der Waals surface area contributed by atoms with E-state index < -0.39 is 35.7 Å². The van der Waals surface area contributed by atoms with E-state index >= 15 is 0 Å². The van der Waals surface area contributed by atoms with Gasteiger partial charge in [0, 0.05) is 5.69 Å². The van der Waals surface area contributed by atoms with Gasteiger partial charge in [0.2, 0.25) is 5.91 Å². The van der Waals surface area contributed by atoms with Crippen molar-refractivity contribution in [1.29, 1.82) is 0 Å². The lowest BCUT2D eigenvalue weighted by molar-refractivity contribution is -0.144. The van der Waals surface area contributed by atoms with E-state index in [9.17, 15) is 19.2 Å². The summed E-state index contributed by atoms with van der Waals surface area (Å²) in [5.41, 5.74) is 2.95. The summed E-state index contributed by atoms with van der Waals surface area (Å²) >= 11 is 0.732. The van der Waals surface area contributed by atoms with Crippen LogP contribution < -0.4 is 14.8 Å². The number of amides is 3. The number of benzene rings is 2. The molecular formula is C24H24N2O7S. The molecule has 178 valence electrons. The van der Waals surface area contributed by atoms with E-state index in [1.807, 2.05) is 32.0 Å². The van der Waals surface area contributed by atoms with Crippen molar-refractivity contribution in [2.75, 3.05) is 19.0 Å². The first-order valence-corrected chi connectivity index (χ1v) is 11.1. The summed E-state index contributed by atoms with van der Waals surface area (Å²) in [6, 6.07) is 10.3. The van der Waals surface area contributed by atoms with E-state index in [1.165, 1.54) is 26.2 Å². The van der Waals surface area contributed by atoms with Crippen molar-refractivity contribution in [1.82, 2.24) is 4.90 Å². The number of para-hydroxylation sites is 1. The lowest BCUT2D eigenvalue weighted by atomic mass is 10.1. The third-order valence-electron chi connectivity index (χ3n) is 5.06. The molecule has 0 unspecified atom stereocenters. The molecule has 1 aliphatic heterocycles. The number of carbonyl (C=O) groups is 4. The molecule has 34 heavy (non-hydrogen) atoms. The third kappa shape index (κ3) is 5.57. The number of carbonyl (C=O) groups excluding carboxylic acids is 3. The summed E-state index contributed by atoms with van der Waals surface area (Å²) in [5, 5.41) is 11.2. The molecule has 10 heteroatoms. The molecule has 1 heterocycles. The Kier molecular flexibility index (Phi) is 7.62. The molecular weight excluding hydrogens is 460 g/mol. The van der Waals surface area contributed by atoms with Crippen LogP contribution in [0.1, 0.15) is 23.6 Å². The van der Waals surface area contributed by atoms with Crippen LogP contribution in [0.2, 0.25) is 0 Å². The maximum atomic E-state index is 12.8. The number of aliphatic carboxylic acids is 1. The van der Waals surface area contributed by atoms with Crippen LogP contribution in [0.15, 0.2) is 41.3 Å². The smallest absolute Gasteiger partial charge is 0.344 e. The highest BCUT2D eigenvalue weighted by atomic mass is 32.2. The van der Waals surface area contributed by atoms with E-state index in [-0.39, 0.29) is 16.4 Å². The second-order valence-corrected chi connectivity index (χ2v) is 8.58. The Morgan fingerprint density at radius 2 is 1.82 bits per heavy atom. The second-order valence-electron chi connectivity index (χ2n) is 7.59. The predicted octanol–water partition coefficient (Wildman–Crippen LogP) is 3.84. The van der Waals surface area contributed by atoms with Gasteiger partial charge in [-0.25, -0.2) is 4.79 Å². The SMILES string of the molecule is COc1cc(/C=C2/SC(=O)N(CC(=O)Nc3c(C)cccc3C)C2=O)ccc1O[C@@H](C)C(=O)O. The summed E-state index contributed by atoms with van der Waals surface area (Å²) in [5.74, 6) is -1.68. The van der Waals surface area contributed by atoms with Crippen LogP contribution in [0.5, 0.6) is 11.5 Å². The first-order valence-electron chi connectivity index (χ1n) is 10.3. The molecule has 2 aromatic rings. The zero-order valence-corrected chi connectivity index (χ0v) is 19.9. The topological polar surface area (TPSA) is 122 Å². The van der Waals surface area contributed by atoms with Gasteiger partial charge in [-0.3, -0.25) is 19.3 Å². The number of thioether (sulfide) groups is 1. The number of carboxylic acids is 1. The molecule has 0 spiro atoms. The van der Waals surface area contributed by atoms with Gasteiger partial charge in [0.15, 0.2) is 17.6 Å². The van der Waals surface area contributed by atoms with Gasteiger partial charge < -0.3 is 19.9 Å². The van der Waals surface area contributed by atoms with Crippen LogP contribution in [0.3, 0.4) is 0 Å². The van der Waals surface area contributed by atoms with Crippen molar-refractivity contribution in [2.45, 2.75) is 26.9 Å². The molecule has 1 aliphatic rings. The van der Waals surface area contributed by atoms with E-state index in [2.05, 4.69) is 5.32 Å². The lowest BCUT2D eigenvalue weighted by Gasteiger charge is -2.15. The number of carboxylic acid groups (broad SMARTS) is 1. The average molecular weight is 485 g/mol. The number of methoxy groups -OCH3 is 1. The first-order chi connectivity index (χ1) is 16.1. The lowest BCUT2D eigenvalue weighted by Crippen LogP contribution is -2.36. The van der Waals surface area contributed by atoms with Gasteiger partial charge in [-0.2, -0.15) is 0 Å². The van der Waals surface area contributed by atoms with Crippen molar-refractivity contribution in [3.05, 3.63) is 58.0 Å². The van der Waals surface area contributed by atoms with Crippen LogP contribution >= 0.6 is 11.8 Å². The molecule has 0 saturated carbocycles. The molecule has 1 fully saturated rings. The monoisotopic (exact) mass is 484 g/mol. The standard InChI is InChI=1S/C24H24N2O7S/c1-13-6-5-7-14(2)21(13)25-20(27)12-26-22(28)19(34-24(26)31)11-16-8-9-17(18(10-16)32-4)33-15(3)23(29)30/h5-11,15H,12H2,1-4H3,(H,25,27)(H,29,30)/b19-11+/t15-/m0/s1. The summed E-state index contributed by atoms with van der Waals surface area (Å²) in [4.78, 5) is 49.8. The Hall–Kier alpha value is -3.79. The highest BCUT2D eigenvalue weighted by Crippen LogP contribution is 2.35. The minimum absolute atomic E-state index is 0.152. The summed E-state index contributed by atoms with van der Waals surface area (Å²) in [7, 11) is 1.40. The normalized spacial score (nSPS) is 15.4. The number of imide groups is 1. The van der Waals surface area contributed by atoms with Gasteiger partial charge in [-0.1, -0.05) is 24.3 Å². The molecule has 1 saturated heterocycles. The maximum Gasteiger partial charge on any atom is 0.344 e. The number of nitrogens with one attached hydrogen (secondary N) is 1. The van der Waals surface area contributed by atoms with Crippen molar-refractivity contribution in [2.24, 2.45) is 0 Å². The molecule has 0 radical (unpaired) electrons. The van der Waals surface area contributed by atoms with Crippen LogP contribution in [0.4, 0.5) is 10.5 Å². The Labute approximate surface area is 200 Å². The molecule has 9 nitrogen and oxygen atoms in total. The molecule has 0 aromatic heterocycles. The molecule has 1 atom stereocenters. The largest absolute Gasteiger partial charge is 0.493 e. The fourth-order valence-corrected chi connectivity index (χ4v) is 4.07. The summed E-state index contributed by atoms with van der Waals surface area (Å²) in [6.07, 6.45) is 0.423. The van der Waals surface area contributed by atoms with Gasteiger partial charge in [-0.15, -0.1) is 0 Å². The highest BCUT2D eigenvalue weighted by molar-refractivity contribution is 8.18. The molecule has 2 N–H and O–H groups in total. The zero-order valence-electron chi connectivity index (χ0n) is 19.1. The van der Waals surface area contributed by atoms with Crippen molar-refractivity contribution < 1.29 is 33.8 Å². The number of nitrogens with zero attached hydrogens (tertiary/aromatic N) is 1. The van der Waals surface area contributed by atoms with Gasteiger partial charge in [0.05, 0.1) is 12.0 Å². The number of hydrogen-bond donors (Lipinski definition) is 2. The van der Waals surface area contributed by atoms with Gasteiger partial charge in [-0.05, 0) is 67.4 Å². The zero-order chi connectivity index (χ0) is 25.0. The average Bonchev–Trinajstić information content (AvgIpc) is 3.04. The highest BCUT2D eigenvalue weighted by Gasteiger charge is 2.36. The molecule has 3 rings (SSSR count). The summed E-state index contributed by atoms with van der Waals surface area (Å²) < 4.78 is 10.6. The van der Waals surface area contributed by atoms with E-state index in [0.717, 1.165) is 27.8 Å². The Morgan fingerprint density at radius 3 is 2.44 bits per heavy atom. The molecule has 0 aliphatic carbocycles. The van der Waals surface area contributed by atoms with Crippen LogP contribution in [-0.2, 0) is 14.4 Å². The Bertz CT molecular complexity index is 1170. The van der Waals surface area contributed by atoms with Crippen LogP contribution in [0, 0.1) is 13.8 Å². The van der Waals surface area contributed by atoms with Crippen molar-refractivity contribution in [3.8, 4) is 11.5 Å². The Morgan fingerprint density at radius 1 is 1.15 bits per heavy atom. The minimum Gasteiger partial charge on any atom is -0.493 e. The van der Waals surface area contributed by atoms with Crippen LogP contribution in [0.25, 0.3) is 6.08 Å². The van der Waals surface area contributed by atoms with Gasteiger partial charge in [0.1, 0.15) is 6.54 Å². The molecule has 0 bridgehead atoms. The quantitative estimate of drug-likeness (QED) is 0.542. The number of rotatable bonds is 8. The third-order valence-corrected chi connectivity index (χ3v) is 5.97. The van der Waals surface area contributed by atoms with Crippen LogP contribution in [-0.4, -0.2) is 52.8 Å². The van der Waals surface area contributed by atoms with E-state index in [4.69, 9.17) is 14.6 Å². The maximum absolute atomic E-state index is 12.8. The second kappa shape index (κ2) is 10.4. The number of ether oxygens (including phenoxy) is 2. The van der Waals surface area contributed by atoms with Gasteiger partial charge >= 0.3 is 5.97 Å². The predicted molar refractivity (Wildman–Crippen MR) is 128 cm³/mol.